The maximum absolute atomic E-state index is 5.76. The summed E-state index contributed by atoms with van der Waals surface area (Å²) in [4.78, 5) is 8.74. The molecule has 1 aromatic carbocycles. The number of pyridine rings is 1. The summed E-state index contributed by atoms with van der Waals surface area (Å²) in [5.41, 5.74) is 6.54. The molecule has 1 unspecified atom stereocenters. The molecule has 3 aromatic rings. The molecule has 3 N–H and O–H groups in total. The van der Waals surface area contributed by atoms with Gasteiger partial charge in [0.25, 0.3) is 0 Å². The van der Waals surface area contributed by atoms with Gasteiger partial charge in [-0.25, -0.2) is 4.98 Å². The van der Waals surface area contributed by atoms with Crippen molar-refractivity contribution in [2.45, 2.75) is 13.0 Å². The van der Waals surface area contributed by atoms with Gasteiger partial charge in [0, 0.05) is 11.6 Å². The summed E-state index contributed by atoms with van der Waals surface area (Å²) >= 11 is 0. The zero-order valence-corrected chi connectivity index (χ0v) is 9.96. The predicted molar refractivity (Wildman–Crippen MR) is 69.7 cm³/mol. The summed E-state index contributed by atoms with van der Waals surface area (Å²) in [6.45, 7) is 1.86. The molecule has 0 spiro atoms. The molecule has 0 bridgehead atoms. The molecule has 0 amide bonds. The largest absolute Gasteiger partial charge is 0.322 e. The van der Waals surface area contributed by atoms with Gasteiger partial charge in [-0.2, -0.15) is 5.10 Å². The van der Waals surface area contributed by atoms with Crippen LogP contribution in [-0.2, 0) is 0 Å². The zero-order valence-electron chi connectivity index (χ0n) is 9.96. The Kier molecular flexibility index (Phi) is 2.53. The third-order valence-electron chi connectivity index (χ3n) is 2.82. The first-order valence-electron chi connectivity index (χ1n) is 5.77. The van der Waals surface area contributed by atoms with Gasteiger partial charge in [-0.05, 0) is 18.4 Å². The lowest BCUT2D eigenvalue weighted by molar-refractivity contribution is 0.745. The molecule has 0 saturated heterocycles. The Labute approximate surface area is 104 Å². The maximum Gasteiger partial charge on any atom is 0.200 e. The van der Waals surface area contributed by atoms with Crippen molar-refractivity contribution in [2.75, 3.05) is 0 Å². The van der Waals surface area contributed by atoms with Crippen LogP contribution in [0, 0.1) is 0 Å². The molecule has 0 aliphatic rings. The molecule has 0 radical (unpaired) electrons. The van der Waals surface area contributed by atoms with Crippen molar-refractivity contribution in [3.05, 3.63) is 42.4 Å². The number of hydrogen-bond acceptors (Lipinski definition) is 4. The summed E-state index contributed by atoms with van der Waals surface area (Å²) < 4.78 is 0. The van der Waals surface area contributed by atoms with Crippen LogP contribution in [0.3, 0.4) is 0 Å². The lowest BCUT2D eigenvalue weighted by Crippen LogP contribution is -2.06. The smallest absolute Gasteiger partial charge is 0.200 e. The topological polar surface area (TPSA) is 80.5 Å². The van der Waals surface area contributed by atoms with E-state index in [1.165, 1.54) is 0 Å². The highest BCUT2D eigenvalue weighted by Crippen LogP contribution is 2.23. The lowest BCUT2D eigenvalue weighted by Gasteiger charge is -2.01. The number of hydrogen-bond donors (Lipinski definition) is 2. The molecule has 90 valence electrons. The molecule has 2 aromatic heterocycles. The Bertz CT molecular complexity index is 681. The van der Waals surface area contributed by atoms with Crippen molar-refractivity contribution in [1.82, 2.24) is 20.2 Å². The minimum atomic E-state index is -0.166. The van der Waals surface area contributed by atoms with Gasteiger partial charge in [-0.1, -0.05) is 24.3 Å². The second-order valence-electron chi connectivity index (χ2n) is 4.21. The fourth-order valence-corrected chi connectivity index (χ4v) is 1.88. The van der Waals surface area contributed by atoms with Crippen molar-refractivity contribution < 1.29 is 0 Å². The third-order valence-corrected chi connectivity index (χ3v) is 2.82. The van der Waals surface area contributed by atoms with E-state index in [4.69, 9.17) is 5.73 Å². The van der Waals surface area contributed by atoms with Gasteiger partial charge in [0.15, 0.2) is 5.82 Å². The highest BCUT2D eigenvalue weighted by atomic mass is 15.2. The molecule has 2 heterocycles. The zero-order chi connectivity index (χ0) is 12.5. The average molecular weight is 239 g/mol. The van der Waals surface area contributed by atoms with E-state index in [1.54, 1.807) is 6.20 Å². The number of H-pyrrole nitrogens is 1. The quantitative estimate of drug-likeness (QED) is 0.717. The Morgan fingerprint density at radius 3 is 2.83 bits per heavy atom. The van der Waals surface area contributed by atoms with Crippen LogP contribution in [0.1, 0.15) is 18.8 Å². The molecular weight excluding hydrogens is 226 g/mol. The van der Waals surface area contributed by atoms with E-state index in [2.05, 4.69) is 20.2 Å². The molecule has 5 heteroatoms. The number of aromatic amines is 1. The standard InChI is InChI=1S/C13H13N5/c1-8(14)12-16-13(18-17-12)11-10-5-3-2-4-9(10)6-7-15-11/h2-8H,14H2,1H3,(H,16,17,18). The van der Waals surface area contributed by atoms with Gasteiger partial charge >= 0.3 is 0 Å². The highest BCUT2D eigenvalue weighted by molar-refractivity contribution is 5.92. The van der Waals surface area contributed by atoms with E-state index < -0.39 is 0 Å². The van der Waals surface area contributed by atoms with Gasteiger partial charge in [0.2, 0.25) is 0 Å². The fourth-order valence-electron chi connectivity index (χ4n) is 1.88. The van der Waals surface area contributed by atoms with Crippen molar-refractivity contribution in [2.24, 2.45) is 5.73 Å². The first kappa shape index (κ1) is 10.9. The van der Waals surface area contributed by atoms with Gasteiger partial charge in [0.05, 0.1) is 6.04 Å². The minimum absolute atomic E-state index is 0.166. The van der Waals surface area contributed by atoms with Gasteiger partial charge in [0.1, 0.15) is 11.5 Å². The number of fused-ring (bicyclic) bond motifs is 1. The minimum Gasteiger partial charge on any atom is -0.322 e. The van der Waals surface area contributed by atoms with Crippen LogP contribution in [0.25, 0.3) is 22.3 Å². The maximum atomic E-state index is 5.76. The molecular formula is C13H13N5. The fraction of sp³-hybridized carbons (Fsp3) is 0.154. The first-order chi connectivity index (χ1) is 8.75. The number of rotatable bonds is 2. The predicted octanol–water partition coefficient (Wildman–Crippen LogP) is 2.04. The monoisotopic (exact) mass is 239 g/mol. The van der Waals surface area contributed by atoms with Crippen molar-refractivity contribution in [3.8, 4) is 11.5 Å². The third kappa shape index (κ3) is 1.74. The Morgan fingerprint density at radius 1 is 1.22 bits per heavy atom. The summed E-state index contributed by atoms with van der Waals surface area (Å²) in [6.07, 6.45) is 1.76. The second-order valence-corrected chi connectivity index (χ2v) is 4.21. The van der Waals surface area contributed by atoms with Crippen molar-refractivity contribution in [3.63, 3.8) is 0 Å². The van der Waals surface area contributed by atoms with Crippen LogP contribution < -0.4 is 5.73 Å². The summed E-state index contributed by atoms with van der Waals surface area (Å²) in [5, 5.41) is 9.18. The van der Waals surface area contributed by atoms with Crippen LogP contribution in [0.5, 0.6) is 0 Å². The first-order valence-corrected chi connectivity index (χ1v) is 5.77. The molecule has 1 atom stereocenters. The number of benzene rings is 1. The molecule has 0 saturated carbocycles. The van der Waals surface area contributed by atoms with Crippen LogP contribution in [-0.4, -0.2) is 20.2 Å². The van der Waals surface area contributed by atoms with Gasteiger partial charge in [-0.15, -0.1) is 0 Å². The number of nitrogens with zero attached hydrogens (tertiary/aromatic N) is 3. The van der Waals surface area contributed by atoms with E-state index in [9.17, 15) is 0 Å². The summed E-state index contributed by atoms with van der Waals surface area (Å²) in [6, 6.07) is 9.84. The lowest BCUT2D eigenvalue weighted by atomic mass is 10.1. The van der Waals surface area contributed by atoms with Crippen LogP contribution in [0.2, 0.25) is 0 Å². The summed E-state index contributed by atoms with van der Waals surface area (Å²) in [7, 11) is 0. The molecule has 0 aliphatic carbocycles. The molecule has 0 aliphatic heterocycles. The highest BCUT2D eigenvalue weighted by Gasteiger charge is 2.12. The molecule has 5 nitrogen and oxygen atoms in total. The SMILES string of the molecule is CC(N)c1nc(-c2nccc3ccccc23)n[nH]1. The van der Waals surface area contributed by atoms with Crippen LogP contribution >= 0.6 is 0 Å². The van der Waals surface area contributed by atoms with Crippen molar-refractivity contribution >= 4 is 10.8 Å². The number of nitrogens with one attached hydrogen (secondary N) is 1. The van der Waals surface area contributed by atoms with E-state index in [0.29, 0.717) is 11.6 Å². The van der Waals surface area contributed by atoms with E-state index in [0.717, 1.165) is 16.5 Å². The van der Waals surface area contributed by atoms with Gasteiger partial charge in [-0.3, -0.25) is 10.1 Å². The Morgan fingerprint density at radius 2 is 2.06 bits per heavy atom. The number of aromatic nitrogens is 4. The normalized spacial score (nSPS) is 12.8. The second kappa shape index (κ2) is 4.19. The molecule has 3 rings (SSSR count). The summed E-state index contributed by atoms with van der Waals surface area (Å²) in [5.74, 6) is 1.25. The van der Waals surface area contributed by atoms with Gasteiger partial charge < -0.3 is 5.73 Å². The molecule has 0 fully saturated rings. The Balaban J connectivity index is 2.18. The van der Waals surface area contributed by atoms with E-state index in [1.807, 2.05) is 37.3 Å². The van der Waals surface area contributed by atoms with E-state index >= 15 is 0 Å². The average Bonchev–Trinajstić information content (AvgIpc) is 2.87. The van der Waals surface area contributed by atoms with Crippen LogP contribution in [0.4, 0.5) is 0 Å². The van der Waals surface area contributed by atoms with Crippen molar-refractivity contribution in [1.29, 1.82) is 0 Å². The van der Waals surface area contributed by atoms with Crippen LogP contribution in [0.15, 0.2) is 36.5 Å². The number of nitrogens with two attached hydrogens (primary N) is 1. The van der Waals surface area contributed by atoms with E-state index in [-0.39, 0.29) is 6.04 Å². The Hall–Kier alpha value is -2.27. The molecule has 18 heavy (non-hydrogen) atoms.